The molecule has 8 aromatic carbocycles. The van der Waals surface area contributed by atoms with Gasteiger partial charge in [0, 0.05) is 22.3 Å². The smallest absolute Gasteiger partial charge is 0.164 e. The van der Waals surface area contributed by atoms with E-state index in [2.05, 4.69) is 194 Å². The molecule has 4 heteroatoms. The van der Waals surface area contributed by atoms with Crippen molar-refractivity contribution in [2.45, 2.75) is 12.0 Å². The summed E-state index contributed by atoms with van der Waals surface area (Å²) in [7, 11) is 0. The van der Waals surface area contributed by atoms with E-state index < -0.39 is 0 Å². The Bertz CT molecular complexity index is 3030. The van der Waals surface area contributed by atoms with Gasteiger partial charge in [-0.15, -0.1) is 0 Å². The highest BCUT2D eigenvalue weighted by Crippen LogP contribution is 2.49. The molecule has 1 aliphatic carbocycles. The molecule has 2 unspecified atom stereocenters. The van der Waals surface area contributed by atoms with Crippen LogP contribution in [0, 0.1) is 0 Å². The lowest BCUT2D eigenvalue weighted by molar-refractivity contribution is 0.271. The zero-order valence-corrected chi connectivity index (χ0v) is 31.0. The molecule has 2 heterocycles. The van der Waals surface area contributed by atoms with Crippen molar-refractivity contribution in [3.05, 3.63) is 212 Å². The van der Waals surface area contributed by atoms with Crippen molar-refractivity contribution < 1.29 is 4.74 Å². The van der Waals surface area contributed by atoms with Crippen molar-refractivity contribution in [2.75, 3.05) is 0 Å². The molecule has 11 rings (SSSR count). The van der Waals surface area contributed by atoms with Crippen LogP contribution in [-0.2, 0) is 0 Å². The Morgan fingerprint density at radius 3 is 1.82 bits per heavy atom. The minimum Gasteiger partial charge on any atom is -0.485 e. The standard InChI is InChI=1S/C53H35N3O/c1-2-10-34(11-3-1)36-20-22-37(23-21-36)42-30-31-46-49(33-42)57-48-19-9-18-47(50(46)48)53-55-51(54-52(56-53)43-29-24-35-12-4-5-14-41(35)32-43)40-27-25-39(26-28-40)45-17-8-15-38-13-6-7-16-44(38)45/h1-33,48,50H. The fourth-order valence-corrected chi connectivity index (χ4v) is 8.40. The number of hydrogen-bond donors (Lipinski definition) is 0. The third-order valence-electron chi connectivity index (χ3n) is 11.3. The lowest BCUT2D eigenvalue weighted by atomic mass is 9.83. The Kier molecular flexibility index (Phi) is 7.92. The van der Waals surface area contributed by atoms with Crippen LogP contribution in [0.15, 0.2) is 200 Å². The Morgan fingerprint density at radius 1 is 0.404 bits per heavy atom. The first-order chi connectivity index (χ1) is 28.2. The fourth-order valence-electron chi connectivity index (χ4n) is 8.40. The van der Waals surface area contributed by atoms with Gasteiger partial charge in [-0.1, -0.05) is 182 Å². The average molecular weight is 730 g/mol. The third-order valence-corrected chi connectivity index (χ3v) is 11.3. The second-order valence-corrected chi connectivity index (χ2v) is 14.7. The molecule has 9 aromatic rings. The van der Waals surface area contributed by atoms with Crippen LogP contribution < -0.4 is 4.74 Å². The minimum atomic E-state index is -0.167. The van der Waals surface area contributed by atoms with Gasteiger partial charge in [-0.05, 0) is 73.1 Å². The van der Waals surface area contributed by atoms with Gasteiger partial charge in [-0.25, -0.2) is 15.0 Å². The topological polar surface area (TPSA) is 47.9 Å². The van der Waals surface area contributed by atoms with Gasteiger partial charge in [0.05, 0.1) is 5.92 Å². The van der Waals surface area contributed by atoms with E-state index in [9.17, 15) is 0 Å². The summed E-state index contributed by atoms with van der Waals surface area (Å²) in [6.45, 7) is 0. The summed E-state index contributed by atoms with van der Waals surface area (Å²) in [6, 6.07) is 64.2. The van der Waals surface area contributed by atoms with Crippen LogP contribution in [0.3, 0.4) is 0 Å². The van der Waals surface area contributed by atoms with Gasteiger partial charge in [-0.3, -0.25) is 0 Å². The summed E-state index contributed by atoms with van der Waals surface area (Å²) in [5.74, 6) is 2.75. The zero-order chi connectivity index (χ0) is 37.7. The minimum absolute atomic E-state index is 0.0621. The molecule has 0 saturated carbocycles. The maximum absolute atomic E-state index is 6.68. The van der Waals surface area contributed by atoms with Crippen molar-refractivity contribution >= 4 is 27.1 Å². The summed E-state index contributed by atoms with van der Waals surface area (Å²) in [4.78, 5) is 15.6. The summed E-state index contributed by atoms with van der Waals surface area (Å²) >= 11 is 0. The van der Waals surface area contributed by atoms with Crippen molar-refractivity contribution in [3.63, 3.8) is 0 Å². The lowest BCUT2D eigenvalue weighted by Crippen LogP contribution is -2.20. The first-order valence-corrected chi connectivity index (χ1v) is 19.4. The van der Waals surface area contributed by atoms with Crippen LogP contribution in [0.4, 0.5) is 0 Å². The number of rotatable bonds is 6. The summed E-state index contributed by atoms with van der Waals surface area (Å²) < 4.78 is 6.68. The van der Waals surface area contributed by atoms with E-state index in [1.165, 1.54) is 32.8 Å². The van der Waals surface area contributed by atoms with Crippen molar-refractivity contribution in [2.24, 2.45) is 0 Å². The van der Waals surface area contributed by atoms with Gasteiger partial charge in [0.1, 0.15) is 11.9 Å². The van der Waals surface area contributed by atoms with Crippen LogP contribution >= 0.6 is 0 Å². The molecule has 0 bridgehead atoms. The van der Waals surface area contributed by atoms with Crippen LogP contribution in [0.2, 0.25) is 0 Å². The molecule has 0 fully saturated rings. The first-order valence-electron chi connectivity index (χ1n) is 19.4. The van der Waals surface area contributed by atoms with Gasteiger partial charge >= 0.3 is 0 Å². The molecule has 0 saturated heterocycles. The highest BCUT2D eigenvalue weighted by Gasteiger charge is 2.38. The third kappa shape index (κ3) is 5.99. The number of hydrogen-bond acceptors (Lipinski definition) is 4. The maximum Gasteiger partial charge on any atom is 0.164 e. The average Bonchev–Trinajstić information content (AvgIpc) is 3.67. The Balaban J connectivity index is 0.978. The largest absolute Gasteiger partial charge is 0.485 e. The Hall–Kier alpha value is -7.43. The SMILES string of the molecule is C1=CC2Oc3cc(-c4ccc(-c5ccccc5)cc4)ccc3C2C(c2nc(-c3ccc(-c4cccc5ccccc45)cc3)nc(-c3ccc4ccccc4c3)n2)=C1. The molecule has 1 aromatic heterocycles. The highest BCUT2D eigenvalue weighted by molar-refractivity contribution is 5.97. The van der Waals surface area contributed by atoms with Gasteiger partial charge in [-0.2, -0.15) is 0 Å². The number of nitrogens with zero attached hydrogens (tertiary/aromatic N) is 3. The molecule has 0 spiro atoms. The summed E-state index contributed by atoms with van der Waals surface area (Å²) in [6.07, 6.45) is 6.19. The predicted octanol–water partition coefficient (Wildman–Crippen LogP) is 13.0. The second-order valence-electron chi connectivity index (χ2n) is 14.7. The van der Waals surface area contributed by atoms with Gasteiger partial charge in [0.15, 0.2) is 17.5 Å². The van der Waals surface area contributed by atoms with E-state index in [0.717, 1.165) is 50.1 Å². The zero-order valence-electron chi connectivity index (χ0n) is 31.0. The number of fused-ring (bicyclic) bond motifs is 5. The van der Waals surface area contributed by atoms with Gasteiger partial charge < -0.3 is 4.74 Å². The molecule has 268 valence electrons. The maximum atomic E-state index is 6.68. The molecule has 4 nitrogen and oxygen atoms in total. The molecule has 2 atom stereocenters. The Labute approximate surface area is 331 Å². The lowest BCUT2D eigenvalue weighted by Gasteiger charge is -2.22. The monoisotopic (exact) mass is 729 g/mol. The summed E-state index contributed by atoms with van der Waals surface area (Å²) in [5.41, 5.74) is 11.0. The van der Waals surface area contributed by atoms with Crippen LogP contribution in [-0.4, -0.2) is 21.1 Å². The predicted molar refractivity (Wildman–Crippen MR) is 233 cm³/mol. The molecule has 0 radical (unpaired) electrons. The van der Waals surface area contributed by atoms with E-state index in [-0.39, 0.29) is 12.0 Å². The van der Waals surface area contributed by atoms with Gasteiger partial charge in [0.25, 0.3) is 0 Å². The van der Waals surface area contributed by atoms with E-state index in [1.54, 1.807) is 0 Å². The normalized spacial score (nSPS) is 15.5. The van der Waals surface area contributed by atoms with Crippen molar-refractivity contribution in [1.29, 1.82) is 0 Å². The van der Waals surface area contributed by atoms with E-state index in [4.69, 9.17) is 19.7 Å². The molecule has 0 N–H and O–H groups in total. The molecular formula is C53H35N3O. The summed E-state index contributed by atoms with van der Waals surface area (Å²) in [5, 5.41) is 4.77. The van der Waals surface area contributed by atoms with E-state index >= 15 is 0 Å². The van der Waals surface area contributed by atoms with Crippen molar-refractivity contribution in [3.8, 4) is 61.9 Å². The van der Waals surface area contributed by atoms with Crippen LogP contribution in [0.5, 0.6) is 5.75 Å². The Morgan fingerprint density at radius 2 is 1.00 bits per heavy atom. The first kappa shape index (κ1) is 33.0. The molecule has 2 aliphatic rings. The number of allylic oxidation sites excluding steroid dienone is 2. The molecule has 57 heavy (non-hydrogen) atoms. The fraction of sp³-hybridized carbons (Fsp3) is 0.0377. The highest BCUT2D eigenvalue weighted by atomic mass is 16.5. The van der Waals surface area contributed by atoms with E-state index in [1.807, 2.05) is 6.07 Å². The number of benzene rings is 8. The quantitative estimate of drug-likeness (QED) is 0.171. The van der Waals surface area contributed by atoms with Crippen LogP contribution in [0.25, 0.3) is 83.3 Å². The molecule has 0 amide bonds. The number of aromatic nitrogens is 3. The van der Waals surface area contributed by atoms with Gasteiger partial charge in [0.2, 0.25) is 0 Å². The van der Waals surface area contributed by atoms with Crippen molar-refractivity contribution in [1.82, 2.24) is 15.0 Å². The number of ether oxygens (including phenoxy) is 1. The molecular weight excluding hydrogens is 695 g/mol. The van der Waals surface area contributed by atoms with E-state index in [0.29, 0.717) is 17.5 Å². The second kappa shape index (κ2) is 13.7. The van der Waals surface area contributed by atoms with Crippen LogP contribution in [0.1, 0.15) is 17.3 Å². The molecule has 1 aliphatic heterocycles.